The Morgan fingerprint density at radius 1 is 1.10 bits per heavy atom. The summed E-state index contributed by atoms with van der Waals surface area (Å²) >= 11 is 0. The van der Waals surface area contributed by atoms with Crippen molar-refractivity contribution in [2.45, 2.75) is 6.92 Å². The fourth-order valence-corrected chi connectivity index (χ4v) is 2.05. The molecule has 4 nitrogen and oxygen atoms in total. The van der Waals surface area contributed by atoms with Crippen molar-refractivity contribution in [1.29, 1.82) is 0 Å². The average molecular weight is 268 g/mol. The van der Waals surface area contributed by atoms with Crippen LogP contribution in [0.25, 0.3) is 16.9 Å². The molecule has 2 aromatic carbocycles. The quantitative estimate of drug-likeness (QED) is 0.777. The van der Waals surface area contributed by atoms with E-state index in [0.29, 0.717) is 11.5 Å². The largest absolute Gasteiger partial charge is 0.382 e. The Labute approximate surface area is 115 Å². The Hall–Kier alpha value is -2.69. The molecule has 0 spiro atoms. The number of halogens is 1. The summed E-state index contributed by atoms with van der Waals surface area (Å²) < 4.78 is 14.5. The Balaban J connectivity index is 2.07. The molecule has 0 atom stereocenters. The van der Waals surface area contributed by atoms with Gasteiger partial charge in [0.2, 0.25) is 0 Å². The molecule has 0 bridgehead atoms. The molecule has 0 aliphatic rings. The van der Waals surface area contributed by atoms with Crippen LogP contribution < -0.4 is 5.73 Å². The van der Waals surface area contributed by atoms with Crippen molar-refractivity contribution in [1.82, 2.24) is 15.0 Å². The zero-order valence-corrected chi connectivity index (χ0v) is 10.9. The lowest BCUT2D eigenvalue weighted by Gasteiger charge is -2.04. The van der Waals surface area contributed by atoms with Gasteiger partial charge in [-0.1, -0.05) is 17.3 Å². The van der Waals surface area contributed by atoms with E-state index in [2.05, 4.69) is 10.3 Å². The summed E-state index contributed by atoms with van der Waals surface area (Å²) in [6.45, 7) is 2.00. The maximum Gasteiger partial charge on any atom is 0.155 e. The van der Waals surface area contributed by atoms with Gasteiger partial charge in [-0.2, -0.15) is 4.68 Å². The number of aryl methyl sites for hydroxylation is 1. The highest BCUT2D eigenvalue weighted by atomic mass is 19.1. The van der Waals surface area contributed by atoms with Crippen LogP contribution in [0, 0.1) is 12.7 Å². The second-order valence-corrected chi connectivity index (χ2v) is 4.58. The predicted molar refractivity (Wildman–Crippen MR) is 75.9 cm³/mol. The van der Waals surface area contributed by atoms with E-state index in [4.69, 9.17) is 5.73 Å². The molecule has 0 aliphatic heterocycles. The first-order valence-electron chi connectivity index (χ1n) is 6.19. The topological polar surface area (TPSA) is 56.7 Å². The number of hydrogen-bond acceptors (Lipinski definition) is 3. The standard InChI is InChI=1S/C15H13FN4/c1-10-3-2-4-13(9-10)20-15(17)14(18-19-20)11-5-7-12(16)8-6-11/h2-9H,17H2,1H3. The number of aromatic nitrogens is 3. The van der Waals surface area contributed by atoms with E-state index in [-0.39, 0.29) is 5.82 Å². The zero-order chi connectivity index (χ0) is 14.1. The Morgan fingerprint density at radius 3 is 2.55 bits per heavy atom. The normalized spacial score (nSPS) is 10.7. The van der Waals surface area contributed by atoms with Gasteiger partial charge in [0, 0.05) is 5.56 Å². The highest BCUT2D eigenvalue weighted by Gasteiger charge is 2.13. The van der Waals surface area contributed by atoms with Gasteiger partial charge in [-0.25, -0.2) is 4.39 Å². The molecule has 100 valence electrons. The summed E-state index contributed by atoms with van der Waals surface area (Å²) in [7, 11) is 0. The van der Waals surface area contributed by atoms with Crippen molar-refractivity contribution >= 4 is 5.82 Å². The number of nitrogen functional groups attached to an aromatic ring is 1. The van der Waals surface area contributed by atoms with Gasteiger partial charge in [0.1, 0.15) is 11.5 Å². The number of benzene rings is 2. The molecular formula is C15H13FN4. The van der Waals surface area contributed by atoms with E-state index in [1.165, 1.54) is 12.1 Å². The molecule has 3 aromatic rings. The molecule has 20 heavy (non-hydrogen) atoms. The molecule has 1 aromatic heterocycles. The number of rotatable bonds is 2. The van der Waals surface area contributed by atoms with Gasteiger partial charge < -0.3 is 5.73 Å². The molecule has 0 amide bonds. The number of hydrogen-bond donors (Lipinski definition) is 1. The third-order valence-electron chi connectivity index (χ3n) is 3.07. The van der Waals surface area contributed by atoms with Crippen molar-refractivity contribution in [3.05, 3.63) is 59.9 Å². The van der Waals surface area contributed by atoms with E-state index in [9.17, 15) is 4.39 Å². The maximum atomic E-state index is 12.9. The number of nitrogens with zero attached hydrogens (tertiary/aromatic N) is 3. The highest BCUT2D eigenvalue weighted by Crippen LogP contribution is 2.25. The summed E-state index contributed by atoms with van der Waals surface area (Å²) in [5.41, 5.74) is 9.35. The Bertz CT molecular complexity index is 747. The molecule has 0 radical (unpaired) electrons. The minimum absolute atomic E-state index is 0.293. The van der Waals surface area contributed by atoms with E-state index in [0.717, 1.165) is 16.8 Å². The summed E-state index contributed by atoms with van der Waals surface area (Å²) in [4.78, 5) is 0. The van der Waals surface area contributed by atoms with Crippen molar-refractivity contribution in [2.75, 3.05) is 5.73 Å². The second-order valence-electron chi connectivity index (χ2n) is 4.58. The first-order valence-corrected chi connectivity index (χ1v) is 6.19. The molecule has 1 heterocycles. The average Bonchev–Trinajstić information content (AvgIpc) is 2.82. The lowest BCUT2D eigenvalue weighted by atomic mass is 10.1. The molecule has 3 rings (SSSR count). The number of anilines is 1. The van der Waals surface area contributed by atoms with Crippen LogP contribution in [0.1, 0.15) is 5.56 Å². The molecular weight excluding hydrogens is 255 g/mol. The Morgan fingerprint density at radius 2 is 1.85 bits per heavy atom. The fourth-order valence-electron chi connectivity index (χ4n) is 2.05. The van der Waals surface area contributed by atoms with Gasteiger partial charge in [-0.15, -0.1) is 5.10 Å². The molecule has 0 saturated carbocycles. The first-order chi connectivity index (χ1) is 9.65. The third kappa shape index (κ3) is 2.14. The fraction of sp³-hybridized carbons (Fsp3) is 0.0667. The van der Waals surface area contributed by atoms with Crippen molar-refractivity contribution in [3.63, 3.8) is 0 Å². The van der Waals surface area contributed by atoms with Crippen LogP contribution in [0.15, 0.2) is 48.5 Å². The zero-order valence-electron chi connectivity index (χ0n) is 10.9. The van der Waals surface area contributed by atoms with Gasteiger partial charge in [0.25, 0.3) is 0 Å². The van der Waals surface area contributed by atoms with Crippen LogP contribution >= 0.6 is 0 Å². The molecule has 0 fully saturated rings. The third-order valence-corrected chi connectivity index (χ3v) is 3.07. The van der Waals surface area contributed by atoms with Gasteiger partial charge >= 0.3 is 0 Å². The molecule has 2 N–H and O–H groups in total. The smallest absolute Gasteiger partial charge is 0.155 e. The van der Waals surface area contributed by atoms with E-state index in [1.807, 2.05) is 31.2 Å². The van der Waals surface area contributed by atoms with E-state index in [1.54, 1.807) is 16.8 Å². The minimum atomic E-state index is -0.293. The van der Waals surface area contributed by atoms with Crippen molar-refractivity contribution < 1.29 is 4.39 Å². The van der Waals surface area contributed by atoms with Crippen LogP contribution in [0.2, 0.25) is 0 Å². The van der Waals surface area contributed by atoms with E-state index < -0.39 is 0 Å². The van der Waals surface area contributed by atoms with Gasteiger partial charge in [-0.05, 0) is 48.9 Å². The van der Waals surface area contributed by atoms with Gasteiger partial charge in [0.05, 0.1) is 5.69 Å². The van der Waals surface area contributed by atoms with Crippen LogP contribution in [-0.2, 0) is 0 Å². The van der Waals surface area contributed by atoms with Crippen LogP contribution in [0.3, 0.4) is 0 Å². The molecule has 0 unspecified atom stereocenters. The maximum absolute atomic E-state index is 12.9. The summed E-state index contributed by atoms with van der Waals surface area (Å²) in [5, 5.41) is 8.16. The van der Waals surface area contributed by atoms with Crippen LogP contribution in [0.5, 0.6) is 0 Å². The van der Waals surface area contributed by atoms with Crippen molar-refractivity contribution in [2.24, 2.45) is 0 Å². The monoisotopic (exact) mass is 268 g/mol. The predicted octanol–water partition coefficient (Wildman–Crippen LogP) is 2.96. The molecule has 0 saturated heterocycles. The summed E-state index contributed by atoms with van der Waals surface area (Å²) in [6.07, 6.45) is 0. The lowest BCUT2D eigenvalue weighted by Crippen LogP contribution is -2.02. The van der Waals surface area contributed by atoms with Crippen LogP contribution in [0.4, 0.5) is 10.2 Å². The first kappa shape index (κ1) is 12.3. The SMILES string of the molecule is Cc1cccc(-n2nnc(-c3ccc(F)cc3)c2N)c1. The summed E-state index contributed by atoms with van der Waals surface area (Å²) in [5.74, 6) is 0.139. The highest BCUT2D eigenvalue weighted by molar-refractivity contribution is 5.70. The second kappa shape index (κ2) is 4.77. The van der Waals surface area contributed by atoms with E-state index >= 15 is 0 Å². The number of nitrogens with two attached hydrogens (primary N) is 1. The van der Waals surface area contributed by atoms with Gasteiger partial charge in [-0.3, -0.25) is 0 Å². The summed E-state index contributed by atoms with van der Waals surface area (Å²) in [6, 6.07) is 13.8. The molecule has 5 heteroatoms. The minimum Gasteiger partial charge on any atom is -0.382 e. The lowest BCUT2D eigenvalue weighted by molar-refractivity contribution is 0.628. The molecule has 0 aliphatic carbocycles. The van der Waals surface area contributed by atoms with Gasteiger partial charge in [0.15, 0.2) is 5.82 Å². The Kier molecular flexibility index (Phi) is 2.95. The van der Waals surface area contributed by atoms with Crippen molar-refractivity contribution in [3.8, 4) is 16.9 Å². The van der Waals surface area contributed by atoms with Crippen LogP contribution in [-0.4, -0.2) is 15.0 Å².